The van der Waals surface area contributed by atoms with E-state index in [0.717, 1.165) is 30.3 Å². The summed E-state index contributed by atoms with van der Waals surface area (Å²) in [6.45, 7) is 9.35. The van der Waals surface area contributed by atoms with E-state index in [1.807, 2.05) is 13.0 Å². The minimum atomic E-state index is 0.0868. The third-order valence-electron chi connectivity index (χ3n) is 2.91. The molecule has 0 aromatic heterocycles. The summed E-state index contributed by atoms with van der Waals surface area (Å²) in [6, 6.07) is 6.28. The molecule has 1 rings (SSSR count). The number of aryl methyl sites for hydroxylation is 1. The molecule has 0 heterocycles. The summed E-state index contributed by atoms with van der Waals surface area (Å²) in [4.78, 5) is 0. The summed E-state index contributed by atoms with van der Waals surface area (Å²) >= 11 is 0. The van der Waals surface area contributed by atoms with Crippen LogP contribution in [0, 0.1) is 12.8 Å². The van der Waals surface area contributed by atoms with Gasteiger partial charge in [-0.15, -0.1) is 0 Å². The Labute approximate surface area is 105 Å². The van der Waals surface area contributed by atoms with Crippen molar-refractivity contribution in [3.8, 4) is 5.75 Å². The second kappa shape index (κ2) is 6.65. The minimum absolute atomic E-state index is 0.0868. The highest BCUT2D eigenvalue weighted by Crippen LogP contribution is 2.22. The Kier molecular flexibility index (Phi) is 5.49. The summed E-state index contributed by atoms with van der Waals surface area (Å²) in [5, 5.41) is 0. The van der Waals surface area contributed by atoms with Crippen molar-refractivity contribution in [3.05, 3.63) is 29.3 Å². The van der Waals surface area contributed by atoms with Gasteiger partial charge in [-0.25, -0.2) is 0 Å². The van der Waals surface area contributed by atoms with E-state index in [9.17, 15) is 0 Å². The molecule has 2 N–H and O–H groups in total. The van der Waals surface area contributed by atoms with Gasteiger partial charge in [0.1, 0.15) is 5.75 Å². The Morgan fingerprint density at radius 3 is 2.47 bits per heavy atom. The molecule has 96 valence electrons. The van der Waals surface area contributed by atoms with Crippen LogP contribution < -0.4 is 10.5 Å². The van der Waals surface area contributed by atoms with Gasteiger partial charge in [-0.1, -0.05) is 26.0 Å². The van der Waals surface area contributed by atoms with E-state index in [2.05, 4.69) is 32.9 Å². The van der Waals surface area contributed by atoms with Crippen molar-refractivity contribution in [2.24, 2.45) is 11.7 Å². The van der Waals surface area contributed by atoms with E-state index in [4.69, 9.17) is 10.5 Å². The molecule has 0 spiro atoms. The van der Waals surface area contributed by atoms with E-state index < -0.39 is 0 Å². The Balaban J connectivity index is 2.49. The summed E-state index contributed by atoms with van der Waals surface area (Å²) in [5.41, 5.74) is 8.18. The summed E-state index contributed by atoms with van der Waals surface area (Å²) in [6.07, 6.45) is 2.34. The van der Waals surface area contributed by atoms with Gasteiger partial charge < -0.3 is 10.5 Å². The number of benzene rings is 1. The largest absolute Gasteiger partial charge is 0.493 e. The number of hydrogen-bond acceptors (Lipinski definition) is 2. The van der Waals surface area contributed by atoms with Gasteiger partial charge in [0.15, 0.2) is 0 Å². The van der Waals surface area contributed by atoms with Crippen molar-refractivity contribution in [3.63, 3.8) is 0 Å². The molecule has 0 saturated heterocycles. The summed E-state index contributed by atoms with van der Waals surface area (Å²) < 4.78 is 5.78. The smallest absolute Gasteiger partial charge is 0.122 e. The molecule has 1 aromatic carbocycles. The standard InChI is InChI=1S/C15H25NO/c1-11(2)6-5-9-17-15-8-7-14(13(4)16)10-12(15)3/h7-8,10-11,13H,5-6,9,16H2,1-4H3/t13-/m0/s1. The maximum Gasteiger partial charge on any atom is 0.122 e. The van der Waals surface area contributed by atoms with Gasteiger partial charge in [0.05, 0.1) is 6.61 Å². The summed E-state index contributed by atoms with van der Waals surface area (Å²) in [7, 11) is 0. The molecule has 0 aliphatic heterocycles. The lowest BCUT2D eigenvalue weighted by Gasteiger charge is -2.12. The zero-order valence-corrected chi connectivity index (χ0v) is 11.5. The molecule has 1 aromatic rings. The van der Waals surface area contributed by atoms with Crippen molar-refractivity contribution < 1.29 is 4.74 Å². The van der Waals surface area contributed by atoms with E-state index in [1.165, 1.54) is 12.0 Å². The normalized spacial score (nSPS) is 12.8. The quantitative estimate of drug-likeness (QED) is 0.760. The number of rotatable bonds is 6. The van der Waals surface area contributed by atoms with Crippen LogP contribution >= 0.6 is 0 Å². The fourth-order valence-corrected chi connectivity index (χ4v) is 1.79. The van der Waals surface area contributed by atoms with Crippen LogP contribution in [0.1, 0.15) is 50.8 Å². The molecule has 0 unspecified atom stereocenters. The van der Waals surface area contributed by atoms with E-state index >= 15 is 0 Å². The first kappa shape index (κ1) is 14.0. The van der Waals surface area contributed by atoms with Crippen LogP contribution in [0.25, 0.3) is 0 Å². The van der Waals surface area contributed by atoms with Gasteiger partial charge in [0.2, 0.25) is 0 Å². The highest BCUT2D eigenvalue weighted by atomic mass is 16.5. The molecule has 2 heteroatoms. The first-order chi connectivity index (χ1) is 8.00. The molecule has 0 saturated carbocycles. The van der Waals surface area contributed by atoms with E-state index in [0.29, 0.717) is 0 Å². The Bertz CT molecular complexity index is 345. The van der Waals surface area contributed by atoms with Gasteiger partial charge >= 0.3 is 0 Å². The second-order valence-corrected chi connectivity index (χ2v) is 5.20. The number of ether oxygens (including phenoxy) is 1. The van der Waals surface area contributed by atoms with Crippen LogP contribution in [0.5, 0.6) is 5.75 Å². The average molecular weight is 235 g/mol. The SMILES string of the molecule is Cc1cc([C@H](C)N)ccc1OCCCC(C)C. The number of hydrogen-bond donors (Lipinski definition) is 1. The maximum atomic E-state index is 5.85. The van der Waals surface area contributed by atoms with Crippen LogP contribution in [0.2, 0.25) is 0 Å². The lowest BCUT2D eigenvalue weighted by atomic mass is 10.1. The van der Waals surface area contributed by atoms with E-state index in [-0.39, 0.29) is 6.04 Å². The monoisotopic (exact) mass is 235 g/mol. The average Bonchev–Trinajstić information content (AvgIpc) is 2.25. The molecule has 0 aliphatic rings. The van der Waals surface area contributed by atoms with Crippen molar-refractivity contribution >= 4 is 0 Å². The van der Waals surface area contributed by atoms with Gasteiger partial charge in [-0.2, -0.15) is 0 Å². The van der Waals surface area contributed by atoms with Crippen LogP contribution in [-0.2, 0) is 0 Å². The Morgan fingerprint density at radius 2 is 1.94 bits per heavy atom. The topological polar surface area (TPSA) is 35.2 Å². The van der Waals surface area contributed by atoms with Gasteiger partial charge in [0, 0.05) is 6.04 Å². The first-order valence-corrected chi connectivity index (χ1v) is 6.49. The molecule has 0 bridgehead atoms. The lowest BCUT2D eigenvalue weighted by molar-refractivity contribution is 0.296. The molecule has 0 amide bonds. The van der Waals surface area contributed by atoms with Crippen molar-refractivity contribution in [1.29, 1.82) is 0 Å². The highest BCUT2D eigenvalue weighted by Gasteiger charge is 2.04. The fourth-order valence-electron chi connectivity index (χ4n) is 1.79. The molecule has 0 radical (unpaired) electrons. The van der Waals surface area contributed by atoms with Gasteiger partial charge in [0.25, 0.3) is 0 Å². The second-order valence-electron chi connectivity index (χ2n) is 5.20. The number of nitrogens with two attached hydrogens (primary N) is 1. The third-order valence-corrected chi connectivity index (χ3v) is 2.91. The third kappa shape index (κ3) is 4.78. The lowest BCUT2D eigenvalue weighted by Crippen LogP contribution is -2.06. The molecule has 17 heavy (non-hydrogen) atoms. The predicted octanol–water partition coefficient (Wildman–Crippen LogP) is 3.83. The van der Waals surface area contributed by atoms with Gasteiger partial charge in [-0.3, -0.25) is 0 Å². The molecule has 0 aliphatic carbocycles. The van der Waals surface area contributed by atoms with Crippen LogP contribution in [-0.4, -0.2) is 6.61 Å². The van der Waals surface area contributed by atoms with Crippen molar-refractivity contribution in [2.75, 3.05) is 6.61 Å². The van der Waals surface area contributed by atoms with Crippen LogP contribution in [0.15, 0.2) is 18.2 Å². The van der Waals surface area contributed by atoms with Crippen molar-refractivity contribution in [2.45, 2.75) is 46.6 Å². The highest BCUT2D eigenvalue weighted by molar-refractivity contribution is 5.37. The Morgan fingerprint density at radius 1 is 1.24 bits per heavy atom. The minimum Gasteiger partial charge on any atom is -0.493 e. The van der Waals surface area contributed by atoms with Gasteiger partial charge in [-0.05, 0) is 49.8 Å². The molecular formula is C15H25NO. The molecule has 0 fully saturated rings. The zero-order chi connectivity index (χ0) is 12.8. The first-order valence-electron chi connectivity index (χ1n) is 6.49. The van der Waals surface area contributed by atoms with Crippen molar-refractivity contribution in [1.82, 2.24) is 0 Å². The summed E-state index contributed by atoms with van der Waals surface area (Å²) in [5.74, 6) is 1.73. The maximum absolute atomic E-state index is 5.85. The van der Waals surface area contributed by atoms with Crippen LogP contribution in [0.4, 0.5) is 0 Å². The molecular weight excluding hydrogens is 210 g/mol. The fraction of sp³-hybridized carbons (Fsp3) is 0.600. The molecule has 2 nitrogen and oxygen atoms in total. The Hall–Kier alpha value is -1.02. The van der Waals surface area contributed by atoms with Crippen LogP contribution in [0.3, 0.4) is 0 Å². The van der Waals surface area contributed by atoms with E-state index in [1.54, 1.807) is 0 Å². The molecule has 1 atom stereocenters. The zero-order valence-electron chi connectivity index (χ0n) is 11.5. The predicted molar refractivity (Wildman–Crippen MR) is 73.3 cm³/mol.